The summed E-state index contributed by atoms with van der Waals surface area (Å²) in [4.78, 5) is 15.3. The molecule has 0 radical (unpaired) electrons. The van der Waals surface area contributed by atoms with Crippen LogP contribution in [-0.4, -0.2) is 25.8 Å². The summed E-state index contributed by atoms with van der Waals surface area (Å²) >= 11 is 0. The van der Waals surface area contributed by atoms with Crippen LogP contribution in [0.15, 0.2) is 158 Å². The van der Waals surface area contributed by atoms with Gasteiger partial charge in [-0.25, -0.2) is 9.97 Å². The van der Waals surface area contributed by atoms with Gasteiger partial charge in [0, 0.05) is 58.9 Å². The summed E-state index contributed by atoms with van der Waals surface area (Å²) in [6.45, 7) is 29.1. The lowest BCUT2D eigenvalue weighted by molar-refractivity contribution is 0.483. The maximum Gasteiger partial charge on any atom is 0.137 e. The normalized spacial score (nSPS) is 14.3. The summed E-state index contributed by atoms with van der Waals surface area (Å²) in [5.74, 6) is 3.60. The molecular formula is C69H72N6O. The van der Waals surface area contributed by atoms with E-state index < -0.39 is 0 Å². The minimum atomic E-state index is -0.105. The van der Waals surface area contributed by atoms with Crippen LogP contribution in [0.25, 0.3) is 60.9 Å². The van der Waals surface area contributed by atoms with Gasteiger partial charge in [0.1, 0.15) is 29.8 Å². The second kappa shape index (κ2) is 18.0. The fourth-order valence-electron chi connectivity index (χ4n) is 11.5. The molecule has 0 saturated heterocycles. The Kier molecular flexibility index (Phi) is 11.7. The summed E-state index contributed by atoms with van der Waals surface area (Å²) in [7, 11) is 0. The van der Waals surface area contributed by atoms with Crippen LogP contribution < -0.4 is 14.5 Å². The van der Waals surface area contributed by atoms with Crippen LogP contribution in [-0.2, 0) is 34.6 Å². The van der Waals surface area contributed by atoms with Gasteiger partial charge in [0.2, 0.25) is 0 Å². The van der Waals surface area contributed by atoms with Crippen molar-refractivity contribution in [3.8, 4) is 39.6 Å². The number of ether oxygens (including phenoxy) is 1. The van der Waals surface area contributed by atoms with Gasteiger partial charge in [0.25, 0.3) is 0 Å². The molecule has 10 aromatic rings. The molecule has 0 bridgehead atoms. The molecule has 0 unspecified atom stereocenters. The highest BCUT2D eigenvalue weighted by atomic mass is 16.5. The molecule has 0 N–H and O–H groups in total. The molecule has 0 aliphatic carbocycles. The maximum atomic E-state index is 6.95. The number of fused-ring (bicyclic) bond motifs is 7. The Morgan fingerprint density at radius 1 is 0.474 bits per heavy atom. The zero-order valence-corrected chi connectivity index (χ0v) is 46.6. The lowest BCUT2D eigenvalue weighted by Gasteiger charge is -2.30. The van der Waals surface area contributed by atoms with E-state index >= 15 is 0 Å². The molecule has 0 spiro atoms. The van der Waals surface area contributed by atoms with Crippen LogP contribution in [0.2, 0.25) is 0 Å². The van der Waals surface area contributed by atoms with Gasteiger partial charge in [-0.1, -0.05) is 156 Å². The monoisotopic (exact) mass is 1000 g/mol. The zero-order valence-electron chi connectivity index (χ0n) is 46.6. The van der Waals surface area contributed by atoms with Gasteiger partial charge in [-0.2, -0.15) is 0 Å². The van der Waals surface area contributed by atoms with Crippen LogP contribution >= 0.6 is 0 Å². The largest absolute Gasteiger partial charge is 0.457 e. The number of imidazole rings is 1. The lowest BCUT2D eigenvalue weighted by Crippen LogP contribution is -2.25. The molecule has 0 fully saturated rings. The van der Waals surface area contributed by atoms with E-state index in [2.05, 4.69) is 254 Å². The topological polar surface area (TPSA) is 51.4 Å². The van der Waals surface area contributed by atoms with Gasteiger partial charge >= 0.3 is 0 Å². The minimum Gasteiger partial charge on any atom is -0.457 e. The van der Waals surface area contributed by atoms with Crippen molar-refractivity contribution < 1.29 is 4.74 Å². The molecule has 2 aliphatic heterocycles. The molecule has 7 nitrogen and oxygen atoms in total. The molecule has 0 amide bonds. The van der Waals surface area contributed by atoms with Gasteiger partial charge in [0.05, 0.1) is 39.1 Å². The van der Waals surface area contributed by atoms with Crippen LogP contribution in [0, 0.1) is 0 Å². The number of aryl methyl sites for hydroxylation is 2. The van der Waals surface area contributed by atoms with Gasteiger partial charge in [-0.3, -0.25) is 4.57 Å². The van der Waals surface area contributed by atoms with E-state index in [1.54, 1.807) is 0 Å². The molecule has 76 heavy (non-hydrogen) atoms. The zero-order chi connectivity index (χ0) is 53.1. The Balaban J connectivity index is 1.02. The van der Waals surface area contributed by atoms with E-state index in [1.807, 2.05) is 6.20 Å². The van der Waals surface area contributed by atoms with Crippen molar-refractivity contribution in [1.82, 2.24) is 19.1 Å². The van der Waals surface area contributed by atoms with Crippen molar-refractivity contribution in [3.05, 3.63) is 186 Å². The number of aromatic nitrogens is 4. The first-order valence-electron chi connectivity index (χ1n) is 27.4. The number of nitrogens with zero attached hydrogens (tertiary/aromatic N) is 6. The first-order chi connectivity index (χ1) is 36.2. The molecule has 7 heteroatoms. The molecule has 7 aromatic carbocycles. The average Bonchev–Trinajstić information content (AvgIpc) is 4.06. The van der Waals surface area contributed by atoms with Crippen LogP contribution in [0.4, 0.5) is 22.7 Å². The summed E-state index contributed by atoms with van der Waals surface area (Å²) in [6, 6.07) is 56.5. The summed E-state index contributed by atoms with van der Waals surface area (Å²) in [5, 5.41) is 2.34. The number of para-hydroxylation sites is 1. The van der Waals surface area contributed by atoms with E-state index in [-0.39, 0.29) is 21.7 Å². The van der Waals surface area contributed by atoms with Gasteiger partial charge < -0.3 is 19.1 Å². The Bertz CT molecular complexity index is 3790. The third-order valence-electron chi connectivity index (χ3n) is 16.0. The van der Waals surface area contributed by atoms with Crippen LogP contribution in [0.1, 0.15) is 124 Å². The Morgan fingerprint density at radius 2 is 1.09 bits per heavy atom. The number of hydrogen-bond acceptors (Lipinski definition) is 5. The van der Waals surface area contributed by atoms with Gasteiger partial charge in [-0.15, -0.1) is 0 Å². The SMILES string of the molecule is CC(C)(C)c1ccc(-c2cc(C(C)(C)C)cc(-c3ccc(C(C)(C)C)cc3)c2N2CN(c3cccc(Oc4ccc5c6ccccc6n(-c6cc(C(C)(C)C)ccn6)c5c4)c3)c3cc4nc5n(c4cc32)CCCC5)cc1. The van der Waals surface area contributed by atoms with E-state index in [0.717, 1.165) is 75.7 Å². The van der Waals surface area contributed by atoms with E-state index in [0.29, 0.717) is 6.67 Å². The third kappa shape index (κ3) is 8.81. The fraction of sp³-hybridized carbons (Fsp3) is 0.304. The first kappa shape index (κ1) is 49.2. The second-order valence-electron chi connectivity index (χ2n) is 25.6. The van der Waals surface area contributed by atoms with Crippen LogP contribution in [0.3, 0.4) is 0 Å². The molecule has 12 rings (SSSR count). The Labute approximate surface area is 449 Å². The van der Waals surface area contributed by atoms with E-state index in [9.17, 15) is 0 Å². The molecule has 0 saturated carbocycles. The summed E-state index contributed by atoms with van der Waals surface area (Å²) in [5.41, 5.74) is 18.9. The van der Waals surface area contributed by atoms with Crippen molar-refractivity contribution in [3.63, 3.8) is 0 Å². The highest BCUT2D eigenvalue weighted by molar-refractivity contribution is 6.09. The lowest BCUT2D eigenvalue weighted by atomic mass is 9.81. The number of anilines is 4. The summed E-state index contributed by atoms with van der Waals surface area (Å²) < 4.78 is 11.7. The van der Waals surface area contributed by atoms with Crippen molar-refractivity contribution in [2.24, 2.45) is 0 Å². The summed E-state index contributed by atoms with van der Waals surface area (Å²) in [6.07, 6.45) is 5.25. The number of hydrogen-bond donors (Lipinski definition) is 0. The van der Waals surface area contributed by atoms with Crippen molar-refractivity contribution in [2.75, 3.05) is 16.5 Å². The van der Waals surface area contributed by atoms with Crippen molar-refractivity contribution in [1.29, 1.82) is 0 Å². The molecule has 0 atom stereocenters. The third-order valence-corrected chi connectivity index (χ3v) is 16.0. The van der Waals surface area contributed by atoms with Crippen molar-refractivity contribution in [2.45, 2.75) is 131 Å². The van der Waals surface area contributed by atoms with E-state index in [4.69, 9.17) is 14.7 Å². The molecule has 384 valence electrons. The number of benzene rings is 7. The smallest absolute Gasteiger partial charge is 0.137 e. The standard InChI is InChI=1S/C69H72N6O/c1-66(2,3)46-27-23-44(24-28-46)55-36-49(69(10,11)12)37-56(45-25-29-47(30-26-45)67(4,5)6)65(55)74-43-73(61-41-57-60(42-62(61)74)72-35-16-15-22-63(72)71-57)50-18-17-19-51(39-50)76-52-31-32-54-53-20-13-14-21-58(53)75(59(54)40-52)64-38-48(33-34-70-64)68(7,8)9/h13-14,17-21,23-34,36-42H,15-16,22,35,43H2,1-12H3. The highest BCUT2D eigenvalue weighted by Gasteiger charge is 2.35. The van der Waals surface area contributed by atoms with E-state index in [1.165, 1.54) is 73.3 Å². The Hall–Kier alpha value is -7.64. The number of pyridine rings is 1. The van der Waals surface area contributed by atoms with Gasteiger partial charge in [0.15, 0.2) is 0 Å². The average molecular weight is 1000 g/mol. The highest BCUT2D eigenvalue weighted by Crippen LogP contribution is 2.53. The second-order valence-corrected chi connectivity index (χ2v) is 25.6. The number of rotatable bonds is 7. The van der Waals surface area contributed by atoms with Crippen LogP contribution in [0.5, 0.6) is 11.5 Å². The maximum absolute atomic E-state index is 6.95. The predicted molar refractivity (Wildman–Crippen MR) is 319 cm³/mol. The van der Waals surface area contributed by atoms with Crippen molar-refractivity contribution >= 4 is 55.6 Å². The first-order valence-corrected chi connectivity index (χ1v) is 27.4. The fourth-order valence-corrected chi connectivity index (χ4v) is 11.5. The quantitative estimate of drug-likeness (QED) is 0.159. The molecule has 5 heterocycles. The molecule has 3 aromatic heterocycles. The molecule has 2 aliphatic rings. The predicted octanol–water partition coefficient (Wildman–Crippen LogP) is 18.4. The Morgan fingerprint density at radius 3 is 1.75 bits per heavy atom. The van der Waals surface area contributed by atoms with Gasteiger partial charge in [-0.05, 0) is 135 Å². The molecular weight excluding hydrogens is 929 g/mol. The minimum absolute atomic E-state index is 0.0229.